The minimum Gasteiger partial charge on any atom is -0.493 e. The maximum absolute atomic E-state index is 12.6. The van der Waals surface area contributed by atoms with Crippen LogP contribution in [0.2, 0.25) is 0 Å². The number of nitrogens with one attached hydrogen (secondary N) is 1. The minimum absolute atomic E-state index is 0.0994. The Morgan fingerprint density at radius 3 is 2.36 bits per heavy atom. The van der Waals surface area contributed by atoms with E-state index in [2.05, 4.69) is 24.1 Å². The first-order valence-corrected chi connectivity index (χ1v) is 9.46. The van der Waals surface area contributed by atoms with Crippen LogP contribution in [0.4, 0.5) is 0 Å². The van der Waals surface area contributed by atoms with Gasteiger partial charge < -0.3 is 19.5 Å². The summed E-state index contributed by atoms with van der Waals surface area (Å²) in [4.78, 5) is 40.1. The zero-order valence-corrected chi connectivity index (χ0v) is 17.4. The first-order valence-electron chi connectivity index (χ1n) is 9.46. The fourth-order valence-corrected chi connectivity index (χ4v) is 2.76. The lowest BCUT2D eigenvalue weighted by Gasteiger charge is -2.21. The summed E-state index contributed by atoms with van der Waals surface area (Å²) in [7, 11) is 1.38. The second-order valence-corrected chi connectivity index (χ2v) is 6.65. The highest BCUT2D eigenvalue weighted by atomic mass is 16.6. The van der Waals surface area contributed by atoms with Gasteiger partial charge in [-0.05, 0) is 26.2 Å². The van der Waals surface area contributed by atoms with Gasteiger partial charge in [0.1, 0.15) is 6.04 Å². The smallest absolute Gasteiger partial charge is 0.328 e. The van der Waals surface area contributed by atoms with Gasteiger partial charge in [0, 0.05) is 19.2 Å². The molecule has 0 fully saturated rings. The lowest BCUT2D eigenvalue weighted by atomic mass is 9.97. The molecule has 156 valence electrons. The molecule has 0 aromatic carbocycles. The van der Waals surface area contributed by atoms with Gasteiger partial charge >= 0.3 is 11.9 Å². The third-order valence-electron chi connectivity index (χ3n) is 4.39. The van der Waals surface area contributed by atoms with Gasteiger partial charge in [0.2, 0.25) is 5.75 Å². The quantitative estimate of drug-likeness (QED) is 0.609. The van der Waals surface area contributed by atoms with Crippen molar-refractivity contribution in [1.82, 2.24) is 10.3 Å². The molecule has 0 saturated carbocycles. The zero-order chi connectivity index (χ0) is 21.3. The molecule has 28 heavy (non-hydrogen) atoms. The number of nitrogens with zero attached hydrogens (tertiary/aromatic N) is 1. The van der Waals surface area contributed by atoms with Crippen molar-refractivity contribution in [3.8, 4) is 11.5 Å². The Balaban J connectivity index is 2.81. The molecule has 1 heterocycles. The van der Waals surface area contributed by atoms with Gasteiger partial charge in [0.05, 0.1) is 13.2 Å². The third kappa shape index (κ3) is 6.83. The number of aromatic nitrogens is 1. The van der Waals surface area contributed by atoms with E-state index in [9.17, 15) is 14.4 Å². The van der Waals surface area contributed by atoms with Gasteiger partial charge in [0.15, 0.2) is 11.4 Å². The Morgan fingerprint density at radius 1 is 1.18 bits per heavy atom. The number of rotatable bonds is 10. The molecule has 2 atom stereocenters. The molecule has 0 bridgehead atoms. The standard InChI is InChI=1S/C20H30N2O6/c1-7-15(8-2)11-12(3)27-20(25)13(4)22-19(24)17-18(28-14(5)23)16(26-6)9-10-21-17/h9-10,12-13,15H,7-8,11H2,1-6H3,(H,22,24)/t12-,13-/m0/s1. The monoisotopic (exact) mass is 394 g/mol. The summed E-state index contributed by atoms with van der Waals surface area (Å²) in [5, 5.41) is 2.52. The summed E-state index contributed by atoms with van der Waals surface area (Å²) >= 11 is 0. The molecule has 8 nitrogen and oxygen atoms in total. The number of carbonyl (C=O) groups is 3. The first-order chi connectivity index (χ1) is 13.2. The normalized spacial score (nSPS) is 12.8. The van der Waals surface area contributed by atoms with Crippen molar-refractivity contribution in [2.75, 3.05) is 7.11 Å². The highest BCUT2D eigenvalue weighted by Gasteiger charge is 2.25. The van der Waals surface area contributed by atoms with Crippen LogP contribution in [0, 0.1) is 5.92 Å². The molecule has 0 aliphatic carbocycles. The van der Waals surface area contributed by atoms with E-state index in [1.54, 1.807) is 0 Å². The van der Waals surface area contributed by atoms with E-state index in [4.69, 9.17) is 14.2 Å². The van der Waals surface area contributed by atoms with Crippen molar-refractivity contribution >= 4 is 17.8 Å². The Bertz CT molecular complexity index is 687. The summed E-state index contributed by atoms with van der Waals surface area (Å²) in [6.45, 7) is 8.78. The third-order valence-corrected chi connectivity index (χ3v) is 4.39. The number of hydrogen-bond acceptors (Lipinski definition) is 7. The van der Waals surface area contributed by atoms with Crippen molar-refractivity contribution in [2.24, 2.45) is 5.92 Å². The van der Waals surface area contributed by atoms with Crippen LogP contribution < -0.4 is 14.8 Å². The Kier molecular flexibility index (Phi) is 9.41. The van der Waals surface area contributed by atoms with Gasteiger partial charge in [-0.15, -0.1) is 0 Å². The maximum atomic E-state index is 12.6. The zero-order valence-electron chi connectivity index (χ0n) is 17.4. The average Bonchev–Trinajstić information content (AvgIpc) is 2.65. The van der Waals surface area contributed by atoms with Gasteiger partial charge in [-0.1, -0.05) is 26.7 Å². The van der Waals surface area contributed by atoms with Crippen LogP contribution in [-0.4, -0.2) is 42.1 Å². The summed E-state index contributed by atoms with van der Waals surface area (Å²) in [6.07, 6.45) is 3.91. The SMILES string of the molecule is CCC(CC)C[C@H](C)OC(=O)[C@H](C)NC(=O)c1nccc(OC)c1OC(C)=O. The summed E-state index contributed by atoms with van der Waals surface area (Å²) in [5.74, 6) is -1.26. The molecule has 1 N–H and O–H groups in total. The summed E-state index contributed by atoms with van der Waals surface area (Å²) in [6, 6.07) is 0.571. The fourth-order valence-electron chi connectivity index (χ4n) is 2.76. The number of methoxy groups -OCH3 is 1. The van der Waals surface area contributed by atoms with E-state index in [1.807, 2.05) is 6.92 Å². The molecular formula is C20H30N2O6. The largest absolute Gasteiger partial charge is 0.493 e. The lowest BCUT2D eigenvalue weighted by Crippen LogP contribution is -2.41. The van der Waals surface area contributed by atoms with E-state index in [1.165, 1.54) is 33.2 Å². The van der Waals surface area contributed by atoms with Crippen LogP contribution in [0.3, 0.4) is 0 Å². The molecule has 0 spiro atoms. The highest BCUT2D eigenvalue weighted by Crippen LogP contribution is 2.29. The predicted molar refractivity (Wildman–Crippen MR) is 103 cm³/mol. The van der Waals surface area contributed by atoms with Crippen LogP contribution in [0.25, 0.3) is 0 Å². The van der Waals surface area contributed by atoms with Crippen LogP contribution in [0.1, 0.15) is 64.4 Å². The van der Waals surface area contributed by atoms with Crippen LogP contribution >= 0.6 is 0 Å². The van der Waals surface area contributed by atoms with Crippen molar-refractivity contribution < 1.29 is 28.6 Å². The van der Waals surface area contributed by atoms with E-state index in [0.717, 1.165) is 19.3 Å². The molecule has 1 amide bonds. The molecule has 1 aromatic rings. The van der Waals surface area contributed by atoms with Crippen molar-refractivity contribution in [3.05, 3.63) is 18.0 Å². The van der Waals surface area contributed by atoms with Crippen molar-refractivity contribution in [1.29, 1.82) is 0 Å². The van der Waals surface area contributed by atoms with E-state index >= 15 is 0 Å². The van der Waals surface area contributed by atoms with Gasteiger partial charge in [-0.3, -0.25) is 9.59 Å². The second-order valence-electron chi connectivity index (χ2n) is 6.65. The van der Waals surface area contributed by atoms with E-state index in [0.29, 0.717) is 5.92 Å². The molecule has 1 rings (SSSR count). The maximum Gasteiger partial charge on any atom is 0.328 e. The molecule has 0 aliphatic heterocycles. The number of amides is 1. The van der Waals surface area contributed by atoms with E-state index in [-0.39, 0.29) is 23.3 Å². The molecule has 1 aromatic heterocycles. The van der Waals surface area contributed by atoms with Gasteiger partial charge in [-0.2, -0.15) is 0 Å². The second kappa shape index (κ2) is 11.3. The number of carbonyl (C=O) groups excluding carboxylic acids is 3. The molecule has 8 heteroatoms. The van der Waals surface area contributed by atoms with Crippen molar-refractivity contribution in [2.45, 2.75) is 66.0 Å². The van der Waals surface area contributed by atoms with Gasteiger partial charge in [-0.25, -0.2) is 9.78 Å². The number of ether oxygens (including phenoxy) is 3. The Morgan fingerprint density at radius 2 is 1.82 bits per heavy atom. The average molecular weight is 394 g/mol. The molecule has 0 aliphatic rings. The number of esters is 2. The summed E-state index contributed by atoms with van der Waals surface area (Å²) < 4.78 is 15.6. The highest BCUT2D eigenvalue weighted by molar-refractivity contribution is 5.98. The Labute approximate surface area is 166 Å². The molecule has 0 unspecified atom stereocenters. The first kappa shape index (κ1) is 23.4. The van der Waals surface area contributed by atoms with Crippen LogP contribution in [0.5, 0.6) is 11.5 Å². The number of hydrogen-bond donors (Lipinski definition) is 1. The molecular weight excluding hydrogens is 364 g/mol. The van der Waals surface area contributed by atoms with Gasteiger partial charge in [0.25, 0.3) is 5.91 Å². The van der Waals surface area contributed by atoms with Crippen molar-refractivity contribution in [3.63, 3.8) is 0 Å². The van der Waals surface area contributed by atoms with E-state index < -0.39 is 23.9 Å². The minimum atomic E-state index is -0.894. The number of pyridine rings is 1. The Hall–Kier alpha value is -2.64. The molecule has 0 saturated heterocycles. The topological polar surface area (TPSA) is 104 Å². The summed E-state index contributed by atoms with van der Waals surface area (Å²) in [5.41, 5.74) is -0.153. The van der Waals surface area contributed by atoms with Crippen LogP contribution in [-0.2, 0) is 14.3 Å². The van der Waals surface area contributed by atoms with Crippen LogP contribution in [0.15, 0.2) is 12.3 Å². The lowest BCUT2D eigenvalue weighted by molar-refractivity contribution is -0.150. The molecule has 0 radical (unpaired) electrons. The predicted octanol–water partition coefficient (Wildman–Crippen LogP) is 2.89. The fraction of sp³-hybridized carbons (Fsp3) is 0.600.